The van der Waals surface area contributed by atoms with Crippen molar-refractivity contribution < 1.29 is 4.79 Å². The molecule has 1 aliphatic heterocycles. The monoisotopic (exact) mass is 450 g/mol. The molecular weight excluding hydrogens is 412 g/mol. The molecule has 0 bridgehead atoms. The van der Waals surface area contributed by atoms with Crippen molar-refractivity contribution in [2.24, 2.45) is 34.5 Å². The summed E-state index contributed by atoms with van der Waals surface area (Å²) in [7, 11) is 2.26. The molecule has 158 valence electrons. The third kappa shape index (κ3) is 2.91. The molecule has 5 fully saturated rings. The molecule has 0 N–H and O–H groups in total. The van der Waals surface area contributed by atoms with Gasteiger partial charge in [0.05, 0.1) is 4.83 Å². The number of piperazine rings is 1. The molecule has 0 aromatic rings. The highest BCUT2D eigenvalue weighted by atomic mass is 79.9. The van der Waals surface area contributed by atoms with Crippen molar-refractivity contribution in [1.29, 1.82) is 0 Å². The maximum absolute atomic E-state index is 12.9. The summed E-state index contributed by atoms with van der Waals surface area (Å²) in [5, 5.41) is 0. The Morgan fingerprint density at radius 2 is 1.68 bits per heavy atom. The summed E-state index contributed by atoms with van der Waals surface area (Å²) in [5.41, 5.74) is 0.496. The standard InChI is InChI=1S/C24H39BrN2O/c1-23-8-6-17(27-12-10-26(3)11-13-27)14-16(23)4-5-18-19(23)7-9-24(2)20(18)15-21(25)22(24)28/h16-21H,4-15H2,1-3H3/t16?,17-,18?,19?,20?,21?,23-,24-/m0/s1. The Morgan fingerprint density at radius 1 is 0.929 bits per heavy atom. The van der Waals surface area contributed by atoms with E-state index in [1.807, 2.05) is 0 Å². The molecule has 0 spiro atoms. The van der Waals surface area contributed by atoms with Crippen molar-refractivity contribution in [2.75, 3.05) is 33.2 Å². The van der Waals surface area contributed by atoms with E-state index in [1.165, 1.54) is 64.7 Å². The van der Waals surface area contributed by atoms with Gasteiger partial charge in [0, 0.05) is 37.6 Å². The van der Waals surface area contributed by atoms with Crippen molar-refractivity contribution in [1.82, 2.24) is 9.80 Å². The molecule has 0 amide bonds. The van der Waals surface area contributed by atoms with Crippen molar-refractivity contribution in [2.45, 2.75) is 76.1 Å². The lowest BCUT2D eigenvalue weighted by Gasteiger charge is -2.61. The highest BCUT2D eigenvalue weighted by Crippen LogP contribution is 2.66. The lowest BCUT2D eigenvalue weighted by molar-refractivity contribution is -0.141. The molecule has 5 unspecified atom stereocenters. The normalized spacial score (nSPS) is 52.8. The zero-order valence-corrected chi connectivity index (χ0v) is 19.7. The molecule has 5 rings (SSSR count). The molecule has 4 aliphatic carbocycles. The van der Waals surface area contributed by atoms with Gasteiger partial charge in [-0.2, -0.15) is 0 Å². The van der Waals surface area contributed by atoms with E-state index in [1.54, 1.807) is 0 Å². The molecule has 3 nitrogen and oxygen atoms in total. The van der Waals surface area contributed by atoms with Crippen LogP contribution in [0, 0.1) is 34.5 Å². The largest absolute Gasteiger partial charge is 0.304 e. The van der Waals surface area contributed by atoms with Gasteiger partial charge in [-0.3, -0.25) is 9.69 Å². The third-order valence-corrected chi connectivity index (χ3v) is 11.2. The maximum Gasteiger partial charge on any atom is 0.152 e. The minimum absolute atomic E-state index is 0.0322. The van der Waals surface area contributed by atoms with Gasteiger partial charge in [-0.05, 0) is 87.5 Å². The maximum atomic E-state index is 12.9. The fourth-order valence-corrected chi connectivity index (χ4v) is 9.43. The van der Waals surface area contributed by atoms with Crippen molar-refractivity contribution >= 4 is 21.7 Å². The number of Topliss-reactive ketones (excluding diaryl/α,β-unsaturated/α-hetero) is 1. The van der Waals surface area contributed by atoms with Gasteiger partial charge in [0.15, 0.2) is 5.78 Å². The molecule has 28 heavy (non-hydrogen) atoms. The predicted octanol–water partition coefficient (Wildman–Crippen LogP) is 4.59. The number of carbonyl (C=O) groups excluding carboxylic acids is 1. The Bertz CT molecular complexity index is 632. The highest BCUT2D eigenvalue weighted by Gasteiger charge is 2.62. The van der Waals surface area contributed by atoms with Gasteiger partial charge in [0.2, 0.25) is 0 Å². The number of likely N-dealkylation sites (N-methyl/N-ethyl adjacent to an activating group) is 1. The summed E-state index contributed by atoms with van der Waals surface area (Å²) in [6.45, 7) is 9.98. The quantitative estimate of drug-likeness (QED) is 0.545. The van der Waals surface area contributed by atoms with E-state index < -0.39 is 0 Å². The van der Waals surface area contributed by atoms with Crippen LogP contribution in [0.2, 0.25) is 0 Å². The second kappa shape index (κ2) is 7.05. The van der Waals surface area contributed by atoms with Gasteiger partial charge in [0.1, 0.15) is 0 Å². The fourth-order valence-electron chi connectivity index (χ4n) is 8.50. The number of alkyl halides is 1. The lowest BCUT2D eigenvalue weighted by Crippen LogP contribution is -2.57. The first-order valence-corrected chi connectivity index (χ1v) is 12.9. The topological polar surface area (TPSA) is 23.6 Å². The molecule has 0 radical (unpaired) electrons. The van der Waals surface area contributed by atoms with Crippen LogP contribution in [0.15, 0.2) is 0 Å². The molecule has 8 atom stereocenters. The van der Waals surface area contributed by atoms with Gasteiger partial charge in [-0.25, -0.2) is 0 Å². The summed E-state index contributed by atoms with van der Waals surface area (Å²) >= 11 is 3.73. The zero-order chi connectivity index (χ0) is 19.7. The Labute approximate surface area is 180 Å². The number of halogens is 1. The minimum Gasteiger partial charge on any atom is -0.304 e. The summed E-state index contributed by atoms with van der Waals surface area (Å²) in [5.74, 6) is 3.72. The van der Waals surface area contributed by atoms with Crippen LogP contribution >= 0.6 is 15.9 Å². The van der Waals surface area contributed by atoms with Crippen LogP contribution in [0.1, 0.15) is 65.2 Å². The SMILES string of the molecule is CN1CCN([C@H]2CC[C@@]3(C)C(CCC4C3CC[C@]3(C)C(=O)C(Br)CC43)C2)CC1. The lowest BCUT2D eigenvalue weighted by atomic mass is 9.45. The molecular formula is C24H39BrN2O. The van der Waals surface area contributed by atoms with E-state index in [2.05, 4.69) is 46.6 Å². The van der Waals surface area contributed by atoms with Crippen LogP contribution in [0.4, 0.5) is 0 Å². The van der Waals surface area contributed by atoms with E-state index in [0.29, 0.717) is 17.1 Å². The van der Waals surface area contributed by atoms with E-state index in [0.717, 1.165) is 36.6 Å². The number of carbonyl (C=O) groups is 1. The van der Waals surface area contributed by atoms with Crippen molar-refractivity contribution in [3.05, 3.63) is 0 Å². The molecule has 0 aromatic carbocycles. The summed E-state index contributed by atoms with van der Waals surface area (Å²) < 4.78 is 0. The molecule has 4 heteroatoms. The second-order valence-corrected chi connectivity index (χ2v) is 12.6. The van der Waals surface area contributed by atoms with Gasteiger partial charge in [-0.1, -0.05) is 29.8 Å². The number of rotatable bonds is 1. The van der Waals surface area contributed by atoms with E-state index in [-0.39, 0.29) is 10.2 Å². The van der Waals surface area contributed by atoms with E-state index in [9.17, 15) is 4.79 Å². The Balaban J connectivity index is 1.32. The van der Waals surface area contributed by atoms with E-state index in [4.69, 9.17) is 0 Å². The second-order valence-electron chi connectivity index (χ2n) is 11.4. The van der Waals surface area contributed by atoms with Gasteiger partial charge in [0.25, 0.3) is 0 Å². The molecule has 1 heterocycles. The molecule has 0 aromatic heterocycles. The zero-order valence-electron chi connectivity index (χ0n) is 18.1. The Hall–Kier alpha value is 0.0700. The first-order chi connectivity index (χ1) is 13.3. The molecule has 4 saturated carbocycles. The van der Waals surface area contributed by atoms with Gasteiger partial charge < -0.3 is 4.90 Å². The smallest absolute Gasteiger partial charge is 0.152 e. The predicted molar refractivity (Wildman–Crippen MR) is 118 cm³/mol. The van der Waals surface area contributed by atoms with Crippen LogP contribution in [0.25, 0.3) is 0 Å². The van der Waals surface area contributed by atoms with Crippen LogP contribution in [-0.4, -0.2) is 59.7 Å². The number of hydrogen-bond donors (Lipinski definition) is 0. The number of ketones is 1. The number of nitrogens with zero attached hydrogens (tertiary/aromatic N) is 2. The van der Waals surface area contributed by atoms with Gasteiger partial charge in [-0.15, -0.1) is 0 Å². The summed E-state index contributed by atoms with van der Waals surface area (Å²) in [6.07, 6.45) is 10.6. The van der Waals surface area contributed by atoms with Crippen molar-refractivity contribution in [3.63, 3.8) is 0 Å². The average molecular weight is 451 g/mol. The van der Waals surface area contributed by atoms with Crippen LogP contribution in [0.5, 0.6) is 0 Å². The minimum atomic E-state index is -0.0322. The highest BCUT2D eigenvalue weighted by molar-refractivity contribution is 9.10. The van der Waals surface area contributed by atoms with Crippen LogP contribution in [0.3, 0.4) is 0 Å². The molecule has 1 saturated heterocycles. The van der Waals surface area contributed by atoms with Crippen LogP contribution in [-0.2, 0) is 4.79 Å². The number of hydrogen-bond acceptors (Lipinski definition) is 3. The Kier molecular flexibility index (Phi) is 5.04. The Morgan fingerprint density at radius 3 is 2.43 bits per heavy atom. The average Bonchev–Trinajstić information content (AvgIpc) is 2.92. The fraction of sp³-hybridized carbons (Fsp3) is 0.958. The number of fused-ring (bicyclic) bond motifs is 5. The first-order valence-electron chi connectivity index (χ1n) is 11.9. The van der Waals surface area contributed by atoms with Gasteiger partial charge >= 0.3 is 0 Å². The third-order valence-electron chi connectivity index (χ3n) is 10.4. The van der Waals surface area contributed by atoms with E-state index >= 15 is 0 Å². The molecule has 5 aliphatic rings. The summed E-state index contributed by atoms with van der Waals surface area (Å²) in [6, 6.07) is 0.831. The van der Waals surface area contributed by atoms with Crippen molar-refractivity contribution in [3.8, 4) is 0 Å². The summed E-state index contributed by atoms with van der Waals surface area (Å²) in [4.78, 5) is 18.3. The van der Waals surface area contributed by atoms with Crippen LogP contribution < -0.4 is 0 Å². The first kappa shape index (κ1) is 20.0.